The SMILES string of the molecule is CNC(=O)CCC[NH]. The molecule has 0 atom stereocenters. The van der Waals surface area contributed by atoms with Crippen LogP contribution in [0.1, 0.15) is 12.8 Å². The Morgan fingerprint density at radius 1 is 1.75 bits per heavy atom. The molecule has 0 aromatic rings. The van der Waals surface area contributed by atoms with Gasteiger partial charge in [0, 0.05) is 20.0 Å². The fourth-order valence-electron chi connectivity index (χ4n) is 0.374. The highest BCUT2D eigenvalue weighted by Crippen LogP contribution is 1.83. The van der Waals surface area contributed by atoms with E-state index in [0.29, 0.717) is 19.4 Å². The van der Waals surface area contributed by atoms with Crippen molar-refractivity contribution in [2.45, 2.75) is 12.8 Å². The van der Waals surface area contributed by atoms with E-state index >= 15 is 0 Å². The molecule has 0 saturated carbocycles. The predicted octanol–water partition coefficient (Wildman–Crippen LogP) is -0.205. The molecule has 1 radical (unpaired) electrons. The van der Waals surface area contributed by atoms with Crippen LogP contribution in [0.25, 0.3) is 0 Å². The van der Waals surface area contributed by atoms with Gasteiger partial charge >= 0.3 is 0 Å². The molecular formula is C5H11N2O. The van der Waals surface area contributed by atoms with E-state index in [1.54, 1.807) is 7.05 Å². The molecule has 2 N–H and O–H groups in total. The first-order valence-electron chi connectivity index (χ1n) is 2.66. The van der Waals surface area contributed by atoms with Crippen LogP contribution in [-0.4, -0.2) is 19.5 Å². The second-order valence-electron chi connectivity index (χ2n) is 1.53. The lowest BCUT2D eigenvalue weighted by atomic mass is 10.3. The van der Waals surface area contributed by atoms with E-state index in [2.05, 4.69) is 5.32 Å². The summed E-state index contributed by atoms with van der Waals surface area (Å²) < 4.78 is 0. The Morgan fingerprint density at radius 3 is 2.75 bits per heavy atom. The smallest absolute Gasteiger partial charge is 0.219 e. The molecule has 0 heterocycles. The normalized spacial score (nSPS) is 8.75. The minimum atomic E-state index is 0.0252. The van der Waals surface area contributed by atoms with Crippen LogP contribution in [0.3, 0.4) is 0 Å². The molecule has 1 amide bonds. The summed E-state index contributed by atoms with van der Waals surface area (Å²) in [5.41, 5.74) is 6.69. The fraction of sp³-hybridized carbons (Fsp3) is 0.800. The Bertz CT molecular complexity index is 72.8. The maximum atomic E-state index is 10.4. The zero-order valence-corrected chi connectivity index (χ0v) is 5.03. The Hall–Kier alpha value is -0.570. The van der Waals surface area contributed by atoms with Crippen molar-refractivity contribution in [1.82, 2.24) is 11.1 Å². The molecule has 0 aromatic carbocycles. The van der Waals surface area contributed by atoms with Gasteiger partial charge < -0.3 is 5.32 Å². The summed E-state index contributed by atoms with van der Waals surface area (Å²) >= 11 is 0. The van der Waals surface area contributed by atoms with E-state index in [4.69, 9.17) is 5.73 Å². The van der Waals surface area contributed by atoms with Crippen LogP contribution in [0.2, 0.25) is 0 Å². The van der Waals surface area contributed by atoms with Crippen molar-refractivity contribution < 1.29 is 4.79 Å². The van der Waals surface area contributed by atoms with Crippen molar-refractivity contribution in [1.29, 1.82) is 0 Å². The molecule has 8 heavy (non-hydrogen) atoms. The van der Waals surface area contributed by atoms with Crippen LogP contribution in [0, 0.1) is 0 Å². The average molecular weight is 115 g/mol. The van der Waals surface area contributed by atoms with E-state index < -0.39 is 0 Å². The van der Waals surface area contributed by atoms with Gasteiger partial charge in [-0.15, -0.1) is 0 Å². The number of rotatable bonds is 3. The fourth-order valence-corrected chi connectivity index (χ4v) is 0.374. The molecule has 0 aliphatic carbocycles. The molecular weight excluding hydrogens is 104 g/mol. The van der Waals surface area contributed by atoms with Crippen LogP contribution in [-0.2, 0) is 4.79 Å². The molecule has 0 bridgehead atoms. The zero-order chi connectivity index (χ0) is 6.41. The monoisotopic (exact) mass is 115 g/mol. The topological polar surface area (TPSA) is 52.9 Å². The molecule has 0 aliphatic heterocycles. The van der Waals surface area contributed by atoms with Crippen LogP contribution in [0.4, 0.5) is 0 Å². The standard InChI is InChI=1S/C5H11N2O/c1-7-5(8)3-2-4-6/h6H,2-4H2,1H3,(H,7,8). The molecule has 47 valence electrons. The van der Waals surface area contributed by atoms with Crippen molar-refractivity contribution >= 4 is 5.91 Å². The number of hydrogen-bond acceptors (Lipinski definition) is 1. The summed E-state index contributed by atoms with van der Waals surface area (Å²) in [5.74, 6) is 0.0252. The van der Waals surface area contributed by atoms with Crippen LogP contribution in [0.15, 0.2) is 0 Å². The summed E-state index contributed by atoms with van der Waals surface area (Å²) in [6, 6.07) is 0. The zero-order valence-electron chi connectivity index (χ0n) is 5.03. The van der Waals surface area contributed by atoms with E-state index in [0.717, 1.165) is 0 Å². The van der Waals surface area contributed by atoms with Gasteiger partial charge in [-0.25, -0.2) is 0 Å². The lowest BCUT2D eigenvalue weighted by Gasteiger charge is -1.93. The van der Waals surface area contributed by atoms with Crippen LogP contribution in [0.5, 0.6) is 0 Å². The van der Waals surface area contributed by atoms with Gasteiger partial charge in [-0.05, 0) is 6.42 Å². The average Bonchev–Trinajstić information content (AvgIpc) is 1.83. The second-order valence-corrected chi connectivity index (χ2v) is 1.53. The van der Waals surface area contributed by atoms with E-state index in [9.17, 15) is 4.79 Å². The summed E-state index contributed by atoms with van der Waals surface area (Å²) in [6.45, 7) is 0.341. The third-order valence-electron chi connectivity index (χ3n) is 0.859. The quantitative estimate of drug-likeness (QED) is 0.544. The highest BCUT2D eigenvalue weighted by Gasteiger charge is 1.93. The summed E-state index contributed by atoms with van der Waals surface area (Å²) in [5, 5.41) is 2.48. The molecule has 0 aromatic heterocycles. The Labute approximate surface area is 49.3 Å². The molecule has 0 unspecified atom stereocenters. The van der Waals surface area contributed by atoms with E-state index in [1.807, 2.05) is 0 Å². The molecule has 3 heteroatoms. The summed E-state index contributed by atoms with van der Waals surface area (Å²) in [4.78, 5) is 10.4. The number of carbonyl (C=O) groups is 1. The largest absolute Gasteiger partial charge is 0.359 e. The third-order valence-corrected chi connectivity index (χ3v) is 0.859. The molecule has 3 nitrogen and oxygen atoms in total. The van der Waals surface area contributed by atoms with E-state index in [-0.39, 0.29) is 5.91 Å². The molecule has 0 aliphatic rings. The highest BCUT2D eigenvalue weighted by molar-refractivity contribution is 5.75. The van der Waals surface area contributed by atoms with Gasteiger partial charge in [0.25, 0.3) is 0 Å². The summed E-state index contributed by atoms with van der Waals surface area (Å²) in [7, 11) is 1.60. The van der Waals surface area contributed by atoms with Gasteiger partial charge in [0.2, 0.25) is 5.91 Å². The predicted molar refractivity (Wildman–Crippen MR) is 31.3 cm³/mol. The maximum Gasteiger partial charge on any atom is 0.219 e. The summed E-state index contributed by atoms with van der Waals surface area (Å²) in [6.07, 6.45) is 1.15. The van der Waals surface area contributed by atoms with Crippen molar-refractivity contribution in [3.63, 3.8) is 0 Å². The lowest BCUT2D eigenvalue weighted by molar-refractivity contribution is -0.120. The van der Waals surface area contributed by atoms with Gasteiger partial charge in [0.05, 0.1) is 0 Å². The molecule has 0 saturated heterocycles. The van der Waals surface area contributed by atoms with Crippen LogP contribution < -0.4 is 11.1 Å². The molecule has 0 fully saturated rings. The van der Waals surface area contributed by atoms with Gasteiger partial charge in [-0.3, -0.25) is 10.5 Å². The van der Waals surface area contributed by atoms with Crippen molar-refractivity contribution in [2.24, 2.45) is 0 Å². The number of amides is 1. The Morgan fingerprint density at radius 2 is 2.38 bits per heavy atom. The minimum Gasteiger partial charge on any atom is -0.359 e. The third kappa shape index (κ3) is 3.61. The molecule has 0 spiro atoms. The first-order chi connectivity index (χ1) is 3.81. The number of hydrogen-bond donors (Lipinski definition) is 1. The Kier molecular flexibility index (Phi) is 4.26. The Balaban J connectivity index is 2.99. The minimum absolute atomic E-state index is 0.0252. The maximum absolute atomic E-state index is 10.4. The van der Waals surface area contributed by atoms with Crippen molar-refractivity contribution in [3.05, 3.63) is 0 Å². The lowest BCUT2D eigenvalue weighted by Crippen LogP contribution is -2.17. The first-order valence-corrected chi connectivity index (χ1v) is 2.66. The number of nitrogens with one attached hydrogen (secondary N) is 2. The van der Waals surface area contributed by atoms with Gasteiger partial charge in [0.1, 0.15) is 0 Å². The van der Waals surface area contributed by atoms with Gasteiger partial charge in [-0.1, -0.05) is 0 Å². The van der Waals surface area contributed by atoms with Crippen molar-refractivity contribution in [2.75, 3.05) is 13.6 Å². The van der Waals surface area contributed by atoms with Gasteiger partial charge in [0.15, 0.2) is 0 Å². The van der Waals surface area contributed by atoms with Crippen LogP contribution >= 0.6 is 0 Å². The van der Waals surface area contributed by atoms with Gasteiger partial charge in [-0.2, -0.15) is 0 Å². The molecule has 0 rings (SSSR count). The first kappa shape index (κ1) is 7.43. The second kappa shape index (κ2) is 4.59. The van der Waals surface area contributed by atoms with Crippen molar-refractivity contribution in [3.8, 4) is 0 Å². The highest BCUT2D eigenvalue weighted by atomic mass is 16.1. The number of carbonyl (C=O) groups excluding carboxylic acids is 1. The van der Waals surface area contributed by atoms with E-state index in [1.165, 1.54) is 0 Å².